The molecule has 0 unspecified atom stereocenters. The fourth-order valence-electron chi connectivity index (χ4n) is 1.47. The Morgan fingerprint density at radius 2 is 2.33 bits per heavy atom. The summed E-state index contributed by atoms with van der Waals surface area (Å²) in [6, 6.07) is 1.74. The van der Waals surface area contributed by atoms with Gasteiger partial charge in [0.25, 0.3) is 0 Å². The van der Waals surface area contributed by atoms with Crippen molar-refractivity contribution < 1.29 is 9.53 Å². The van der Waals surface area contributed by atoms with Crippen molar-refractivity contribution in [2.24, 2.45) is 0 Å². The quantitative estimate of drug-likeness (QED) is 0.770. The van der Waals surface area contributed by atoms with Gasteiger partial charge >= 0.3 is 5.97 Å². The van der Waals surface area contributed by atoms with Crippen LogP contribution in [0.5, 0.6) is 0 Å². The zero-order chi connectivity index (χ0) is 10.8. The summed E-state index contributed by atoms with van der Waals surface area (Å²) in [5.41, 5.74) is 0.520. The molecule has 0 bridgehead atoms. The maximum Gasteiger partial charge on any atom is 0.341 e. The Kier molecular flexibility index (Phi) is 2.90. The van der Waals surface area contributed by atoms with Gasteiger partial charge in [0.05, 0.1) is 7.11 Å². The summed E-state index contributed by atoms with van der Waals surface area (Å²) >= 11 is 3.29. The molecule has 0 saturated carbocycles. The number of aromatic nitrogens is 1. The minimum absolute atomic E-state index is 0.342. The number of esters is 1. The molecule has 0 aliphatic carbocycles. The maximum absolute atomic E-state index is 11.5. The number of ether oxygens (including phenoxy) is 1. The van der Waals surface area contributed by atoms with Crippen molar-refractivity contribution in [1.29, 1.82) is 0 Å². The van der Waals surface area contributed by atoms with E-state index in [-0.39, 0.29) is 5.97 Å². The summed E-state index contributed by atoms with van der Waals surface area (Å²) in [6.07, 6.45) is 2.85. The predicted octanol–water partition coefficient (Wildman–Crippen LogP) is 1.84. The van der Waals surface area contributed by atoms with Crippen LogP contribution in [0.2, 0.25) is 0 Å². The summed E-state index contributed by atoms with van der Waals surface area (Å²) in [5.74, 6) is 0.377. The summed E-state index contributed by atoms with van der Waals surface area (Å²) in [5, 5.41) is 0. The molecule has 0 N–H and O–H groups in total. The molecule has 1 fully saturated rings. The van der Waals surface area contributed by atoms with Gasteiger partial charge in [-0.2, -0.15) is 0 Å². The van der Waals surface area contributed by atoms with Crippen molar-refractivity contribution >= 4 is 27.7 Å². The van der Waals surface area contributed by atoms with Crippen molar-refractivity contribution in [1.82, 2.24) is 4.98 Å². The van der Waals surface area contributed by atoms with E-state index < -0.39 is 0 Å². The fraction of sp³-hybridized carbons (Fsp3) is 0.400. The molecule has 4 nitrogen and oxygen atoms in total. The van der Waals surface area contributed by atoms with Crippen LogP contribution in [0.1, 0.15) is 16.8 Å². The fourth-order valence-corrected chi connectivity index (χ4v) is 1.80. The van der Waals surface area contributed by atoms with E-state index in [9.17, 15) is 4.79 Å². The molecular formula is C10H11BrN2O2. The molecule has 1 aromatic rings. The molecule has 1 aliphatic rings. The third-order valence-electron chi connectivity index (χ3n) is 2.39. The summed E-state index contributed by atoms with van der Waals surface area (Å²) in [4.78, 5) is 17.8. The molecule has 0 aromatic carbocycles. The average Bonchev–Trinajstić information content (AvgIpc) is 2.17. The van der Waals surface area contributed by atoms with Crippen molar-refractivity contribution in [2.75, 3.05) is 25.1 Å². The van der Waals surface area contributed by atoms with Gasteiger partial charge in [-0.25, -0.2) is 9.78 Å². The van der Waals surface area contributed by atoms with E-state index in [2.05, 4.69) is 25.8 Å². The summed E-state index contributed by atoms with van der Waals surface area (Å²) in [7, 11) is 1.38. The van der Waals surface area contributed by atoms with Crippen molar-refractivity contribution in [3.05, 3.63) is 22.3 Å². The van der Waals surface area contributed by atoms with Crippen LogP contribution in [0.4, 0.5) is 5.82 Å². The van der Waals surface area contributed by atoms with E-state index in [0.717, 1.165) is 29.8 Å². The van der Waals surface area contributed by atoms with Gasteiger partial charge in [-0.15, -0.1) is 0 Å². The highest BCUT2D eigenvalue weighted by molar-refractivity contribution is 9.10. The molecule has 0 amide bonds. The number of nitrogens with zero attached hydrogens (tertiary/aromatic N) is 2. The second-order valence-electron chi connectivity index (χ2n) is 3.36. The number of pyridine rings is 1. The van der Waals surface area contributed by atoms with Gasteiger partial charge in [0.15, 0.2) is 0 Å². The lowest BCUT2D eigenvalue weighted by Crippen LogP contribution is -2.38. The lowest BCUT2D eigenvalue weighted by molar-refractivity contribution is 0.0600. The lowest BCUT2D eigenvalue weighted by atomic mass is 10.1. The summed E-state index contributed by atoms with van der Waals surface area (Å²) < 4.78 is 5.51. The van der Waals surface area contributed by atoms with E-state index in [1.165, 1.54) is 7.11 Å². The Hall–Kier alpha value is -1.10. The molecule has 0 atom stereocenters. The largest absolute Gasteiger partial charge is 0.465 e. The minimum atomic E-state index is -0.342. The normalized spacial score (nSPS) is 14.7. The maximum atomic E-state index is 11.5. The van der Waals surface area contributed by atoms with Crippen molar-refractivity contribution in [3.8, 4) is 0 Å². The Bertz CT molecular complexity index is 391. The standard InChI is InChI=1S/C10H11BrN2O2/c1-15-10(14)8-5-7(11)6-12-9(8)13-3-2-4-13/h5-6H,2-4H2,1H3. The van der Waals surface area contributed by atoms with Crippen LogP contribution in [0.25, 0.3) is 0 Å². The SMILES string of the molecule is COC(=O)c1cc(Br)cnc1N1CCC1. The molecule has 0 radical (unpaired) electrons. The van der Waals surface area contributed by atoms with Gasteiger partial charge in [-0.1, -0.05) is 0 Å². The van der Waals surface area contributed by atoms with Gasteiger partial charge in [0.2, 0.25) is 0 Å². The van der Waals surface area contributed by atoms with Crippen molar-refractivity contribution in [2.45, 2.75) is 6.42 Å². The third kappa shape index (κ3) is 1.97. The van der Waals surface area contributed by atoms with Crippen LogP contribution >= 0.6 is 15.9 Å². The average molecular weight is 271 g/mol. The van der Waals surface area contributed by atoms with Gasteiger partial charge in [0, 0.05) is 23.8 Å². The van der Waals surface area contributed by atoms with E-state index in [0.29, 0.717) is 5.56 Å². The molecule has 1 aromatic heterocycles. The second-order valence-corrected chi connectivity index (χ2v) is 4.27. The Morgan fingerprint density at radius 3 is 2.87 bits per heavy atom. The highest BCUT2D eigenvalue weighted by atomic mass is 79.9. The van der Waals surface area contributed by atoms with Gasteiger partial charge in [-0.05, 0) is 28.4 Å². The highest BCUT2D eigenvalue weighted by Gasteiger charge is 2.23. The number of hydrogen-bond donors (Lipinski definition) is 0. The van der Waals surface area contributed by atoms with Crippen LogP contribution in [-0.4, -0.2) is 31.2 Å². The lowest BCUT2D eigenvalue weighted by Gasteiger charge is -2.33. The number of hydrogen-bond acceptors (Lipinski definition) is 4. The van der Waals surface area contributed by atoms with Crippen LogP contribution < -0.4 is 4.90 Å². The highest BCUT2D eigenvalue weighted by Crippen LogP contribution is 2.25. The monoisotopic (exact) mass is 270 g/mol. The minimum Gasteiger partial charge on any atom is -0.465 e. The molecule has 2 rings (SSSR count). The van der Waals surface area contributed by atoms with Crippen LogP contribution in [0.3, 0.4) is 0 Å². The molecular weight excluding hydrogens is 260 g/mol. The predicted molar refractivity (Wildman–Crippen MR) is 60.1 cm³/mol. The topological polar surface area (TPSA) is 42.4 Å². The molecule has 2 heterocycles. The first-order valence-corrected chi connectivity index (χ1v) is 5.50. The first kappa shape index (κ1) is 10.4. The first-order chi connectivity index (χ1) is 7.22. The van der Waals surface area contributed by atoms with Gasteiger partial charge in [0.1, 0.15) is 11.4 Å². The smallest absolute Gasteiger partial charge is 0.341 e. The van der Waals surface area contributed by atoms with Crippen molar-refractivity contribution in [3.63, 3.8) is 0 Å². The van der Waals surface area contributed by atoms with Gasteiger partial charge in [-0.3, -0.25) is 0 Å². The first-order valence-electron chi connectivity index (χ1n) is 4.71. The van der Waals surface area contributed by atoms with Crippen LogP contribution in [0.15, 0.2) is 16.7 Å². The number of methoxy groups -OCH3 is 1. The van der Waals surface area contributed by atoms with E-state index in [4.69, 9.17) is 4.74 Å². The molecule has 0 spiro atoms. The Morgan fingerprint density at radius 1 is 1.60 bits per heavy atom. The number of anilines is 1. The third-order valence-corrected chi connectivity index (χ3v) is 2.83. The van der Waals surface area contributed by atoms with Gasteiger partial charge < -0.3 is 9.64 Å². The number of rotatable bonds is 2. The molecule has 5 heteroatoms. The van der Waals surface area contributed by atoms with Crippen LogP contribution in [-0.2, 0) is 4.74 Å². The number of carbonyl (C=O) groups is 1. The summed E-state index contributed by atoms with van der Waals surface area (Å²) in [6.45, 7) is 1.91. The number of halogens is 1. The van der Waals surface area contributed by atoms with E-state index in [1.54, 1.807) is 12.3 Å². The van der Waals surface area contributed by atoms with Crippen LogP contribution in [0, 0.1) is 0 Å². The molecule has 80 valence electrons. The molecule has 1 aliphatic heterocycles. The van der Waals surface area contributed by atoms with E-state index in [1.807, 2.05) is 0 Å². The number of carbonyl (C=O) groups excluding carboxylic acids is 1. The Labute approximate surface area is 96.4 Å². The Balaban J connectivity index is 2.38. The zero-order valence-electron chi connectivity index (χ0n) is 8.36. The molecule has 15 heavy (non-hydrogen) atoms. The van der Waals surface area contributed by atoms with E-state index >= 15 is 0 Å². The molecule has 1 saturated heterocycles. The zero-order valence-corrected chi connectivity index (χ0v) is 9.95. The second kappa shape index (κ2) is 4.18.